The average molecular weight is 655 g/mol. The maximum absolute atomic E-state index is 13.6. The van der Waals surface area contributed by atoms with E-state index in [1.807, 2.05) is 26.8 Å². The van der Waals surface area contributed by atoms with E-state index in [-0.39, 0.29) is 35.3 Å². The van der Waals surface area contributed by atoms with Crippen LogP contribution in [0.15, 0.2) is 64.1 Å². The number of β-lactam (4-membered cyclic amide) rings is 1. The number of hydrogen-bond donors (Lipinski definition) is 3. The summed E-state index contributed by atoms with van der Waals surface area (Å²) in [6, 6.07) is 2.59. The summed E-state index contributed by atoms with van der Waals surface area (Å²) >= 11 is 2.40. The number of anilines is 1. The minimum absolute atomic E-state index is 0.00161. The predicted molar refractivity (Wildman–Crippen MR) is 170 cm³/mol. The molecular formula is C30H34N6O7S2. The maximum Gasteiger partial charge on any atom is 0.355 e. The fraction of sp³-hybridized carbons (Fsp3) is 0.367. The number of pyridine rings is 1. The number of hydrogen-bond acceptors (Lipinski definition) is 13. The highest BCUT2D eigenvalue weighted by atomic mass is 32.2. The number of thiazole rings is 1. The van der Waals surface area contributed by atoms with Crippen LogP contribution in [0.5, 0.6) is 0 Å². The van der Waals surface area contributed by atoms with Crippen LogP contribution in [0.3, 0.4) is 0 Å². The Kier molecular flexibility index (Phi) is 11.5. The highest BCUT2D eigenvalue weighted by molar-refractivity contribution is 8.00. The summed E-state index contributed by atoms with van der Waals surface area (Å²) in [6.45, 7) is 5.78. The molecule has 1 fully saturated rings. The summed E-state index contributed by atoms with van der Waals surface area (Å²) in [4.78, 5) is 62.0. The summed E-state index contributed by atoms with van der Waals surface area (Å²) in [6.07, 6.45) is 9.61. The lowest BCUT2D eigenvalue weighted by Gasteiger charge is -2.49. The molecule has 2 amide bonds. The van der Waals surface area contributed by atoms with Gasteiger partial charge < -0.3 is 25.7 Å². The number of amides is 2. The third-order valence-electron chi connectivity index (χ3n) is 6.72. The van der Waals surface area contributed by atoms with Crippen molar-refractivity contribution in [1.82, 2.24) is 20.2 Å². The lowest BCUT2D eigenvalue weighted by Crippen LogP contribution is -2.71. The summed E-state index contributed by atoms with van der Waals surface area (Å²) in [5, 5.41) is 16.0. The molecule has 0 radical (unpaired) electrons. The van der Waals surface area contributed by atoms with E-state index < -0.39 is 40.9 Å². The quantitative estimate of drug-likeness (QED) is 0.0719. The van der Waals surface area contributed by atoms with Crippen LogP contribution in [0.2, 0.25) is 0 Å². The van der Waals surface area contributed by atoms with Crippen LogP contribution in [0.1, 0.15) is 44.9 Å². The summed E-state index contributed by atoms with van der Waals surface area (Å²) in [7, 11) is 0. The van der Waals surface area contributed by atoms with Gasteiger partial charge in [-0.1, -0.05) is 50.2 Å². The Morgan fingerprint density at radius 1 is 1.29 bits per heavy atom. The van der Waals surface area contributed by atoms with E-state index in [0.29, 0.717) is 30.1 Å². The standard InChI is InChI=1S/C30H34N6O7S2/c1-4-6-19(28(39)42-12-10-17(2)3)14-43-29(40)24-20(9-8-18-7-5-11-32-13-18)15-44-27-23(26(38)36(24)27)34-25(37)22(35-41)21-16-45-30(31)33-21/h5-9,11,13,16-17,23,27,41H,4,10,12,14-15H2,1-3H3,(H2,31,33)(H,34,37)/b9-8-,19-6+,35-22?/t23-,27+/m1/s1. The molecule has 0 saturated carbocycles. The van der Waals surface area contributed by atoms with Crippen molar-refractivity contribution in [1.29, 1.82) is 0 Å². The van der Waals surface area contributed by atoms with Gasteiger partial charge in [0, 0.05) is 23.5 Å². The number of nitrogen functional groups attached to an aromatic ring is 1. The number of nitrogens with one attached hydrogen (secondary N) is 1. The molecule has 238 valence electrons. The Labute approximate surface area is 268 Å². The normalized spacial score (nSPS) is 18.6. The Morgan fingerprint density at radius 2 is 2.09 bits per heavy atom. The van der Waals surface area contributed by atoms with Crippen LogP contribution >= 0.6 is 23.1 Å². The van der Waals surface area contributed by atoms with E-state index in [2.05, 4.69) is 20.4 Å². The van der Waals surface area contributed by atoms with E-state index >= 15 is 0 Å². The zero-order valence-corrected chi connectivity index (χ0v) is 26.6. The Balaban J connectivity index is 1.54. The van der Waals surface area contributed by atoms with Crippen LogP contribution in [-0.4, -0.2) is 79.9 Å². The number of fused-ring (bicyclic) bond motifs is 1. The van der Waals surface area contributed by atoms with Crippen molar-refractivity contribution in [2.45, 2.75) is 45.0 Å². The highest BCUT2D eigenvalue weighted by Gasteiger charge is 2.54. The Hall–Kier alpha value is -4.50. The van der Waals surface area contributed by atoms with Gasteiger partial charge in [-0.3, -0.25) is 19.5 Å². The third kappa shape index (κ3) is 8.16. The molecule has 0 unspecified atom stereocenters. The van der Waals surface area contributed by atoms with Gasteiger partial charge in [0.25, 0.3) is 11.8 Å². The fourth-order valence-electron chi connectivity index (χ4n) is 4.39. The summed E-state index contributed by atoms with van der Waals surface area (Å²) in [5.74, 6) is -2.11. The number of nitrogens with two attached hydrogens (primary N) is 1. The molecular weight excluding hydrogens is 620 g/mol. The average Bonchev–Trinajstić information content (AvgIpc) is 3.46. The first kappa shape index (κ1) is 33.4. The minimum atomic E-state index is -1.02. The van der Waals surface area contributed by atoms with Crippen molar-refractivity contribution in [2.24, 2.45) is 11.1 Å². The van der Waals surface area contributed by atoms with Gasteiger partial charge >= 0.3 is 11.9 Å². The molecule has 4 rings (SSSR count). The molecule has 2 aliphatic rings. The minimum Gasteiger partial charge on any atom is -0.462 e. The third-order valence-corrected chi connectivity index (χ3v) is 8.69. The molecule has 0 bridgehead atoms. The lowest BCUT2D eigenvalue weighted by atomic mass is 10.0. The number of nitrogens with zero attached hydrogens (tertiary/aromatic N) is 4. The van der Waals surface area contributed by atoms with Gasteiger partial charge in [-0.25, -0.2) is 14.6 Å². The maximum atomic E-state index is 13.6. The first-order valence-corrected chi connectivity index (χ1v) is 16.1. The molecule has 2 aromatic heterocycles. The Bertz CT molecular complexity index is 1550. The van der Waals surface area contributed by atoms with Gasteiger partial charge in [-0.15, -0.1) is 23.1 Å². The SMILES string of the molecule is CC/C=C(\COC(=O)C1=C(/C=C\c2cccnc2)CS[C@H]2[C@H](NC(=O)C(=NO)c3csc(N)n3)C(=O)N12)C(=O)OCCC(C)C. The molecule has 2 aromatic rings. The molecule has 0 aromatic carbocycles. The Morgan fingerprint density at radius 3 is 2.73 bits per heavy atom. The number of aromatic nitrogens is 2. The molecule has 45 heavy (non-hydrogen) atoms. The number of carbonyl (C=O) groups is 4. The molecule has 13 nitrogen and oxygen atoms in total. The summed E-state index contributed by atoms with van der Waals surface area (Å²) < 4.78 is 10.9. The van der Waals surface area contributed by atoms with Crippen molar-refractivity contribution in [3.05, 3.63) is 70.2 Å². The number of allylic oxidation sites excluding steroid dienone is 2. The van der Waals surface area contributed by atoms with E-state index in [9.17, 15) is 24.4 Å². The first-order chi connectivity index (χ1) is 21.6. The smallest absolute Gasteiger partial charge is 0.355 e. The van der Waals surface area contributed by atoms with Crippen LogP contribution in [0.4, 0.5) is 5.13 Å². The monoisotopic (exact) mass is 654 g/mol. The fourth-order valence-corrected chi connectivity index (χ4v) is 6.26. The lowest BCUT2D eigenvalue weighted by molar-refractivity contribution is -0.152. The molecule has 15 heteroatoms. The second-order valence-corrected chi connectivity index (χ2v) is 12.4. The van der Waals surface area contributed by atoms with Crippen molar-refractivity contribution in [3.63, 3.8) is 0 Å². The number of thioether (sulfide) groups is 1. The van der Waals surface area contributed by atoms with E-state index in [1.54, 1.807) is 36.7 Å². The second kappa shape index (κ2) is 15.5. The van der Waals surface area contributed by atoms with Gasteiger partial charge in [0.05, 0.1) is 12.2 Å². The van der Waals surface area contributed by atoms with E-state index in [4.69, 9.17) is 15.2 Å². The van der Waals surface area contributed by atoms with Crippen LogP contribution in [-0.2, 0) is 28.7 Å². The first-order valence-electron chi connectivity index (χ1n) is 14.2. The summed E-state index contributed by atoms with van der Waals surface area (Å²) in [5.41, 5.74) is 6.78. The van der Waals surface area contributed by atoms with Gasteiger partial charge in [0.1, 0.15) is 29.4 Å². The molecule has 2 atom stereocenters. The van der Waals surface area contributed by atoms with Gasteiger partial charge in [0.2, 0.25) is 0 Å². The predicted octanol–water partition coefficient (Wildman–Crippen LogP) is 3.13. The van der Waals surface area contributed by atoms with Crippen molar-refractivity contribution >= 4 is 63.8 Å². The zero-order chi connectivity index (χ0) is 32.5. The molecule has 0 aliphatic carbocycles. The molecule has 1 saturated heterocycles. The van der Waals surface area contributed by atoms with Crippen molar-refractivity contribution in [3.8, 4) is 0 Å². The number of esters is 2. The van der Waals surface area contributed by atoms with Crippen LogP contribution < -0.4 is 11.1 Å². The second-order valence-electron chi connectivity index (χ2n) is 10.4. The number of oxime groups is 1. The topological polar surface area (TPSA) is 186 Å². The number of rotatable bonds is 13. The largest absolute Gasteiger partial charge is 0.462 e. The zero-order valence-electron chi connectivity index (χ0n) is 25.0. The molecule has 2 aliphatic heterocycles. The van der Waals surface area contributed by atoms with Crippen molar-refractivity contribution in [2.75, 3.05) is 24.7 Å². The molecule has 0 spiro atoms. The molecule has 4 heterocycles. The number of carbonyl (C=O) groups excluding carboxylic acids is 4. The van der Waals surface area contributed by atoms with E-state index in [0.717, 1.165) is 16.9 Å². The molecule has 4 N–H and O–H groups in total. The van der Waals surface area contributed by atoms with E-state index in [1.165, 1.54) is 22.0 Å². The van der Waals surface area contributed by atoms with Crippen LogP contribution in [0.25, 0.3) is 6.08 Å². The van der Waals surface area contributed by atoms with Gasteiger partial charge in [-0.05, 0) is 36.0 Å². The van der Waals surface area contributed by atoms with Crippen LogP contribution in [0, 0.1) is 5.92 Å². The van der Waals surface area contributed by atoms with Gasteiger partial charge in [0.15, 0.2) is 10.8 Å². The highest BCUT2D eigenvalue weighted by Crippen LogP contribution is 2.41. The van der Waals surface area contributed by atoms with Crippen molar-refractivity contribution < 1.29 is 33.9 Å². The van der Waals surface area contributed by atoms with Gasteiger partial charge in [-0.2, -0.15) is 0 Å². The number of ether oxygens (including phenoxy) is 2.